The van der Waals surface area contributed by atoms with Crippen LogP contribution < -0.4 is 20.1 Å². The van der Waals surface area contributed by atoms with Gasteiger partial charge in [-0.2, -0.15) is 0 Å². The zero-order valence-electron chi connectivity index (χ0n) is 14.4. The lowest BCUT2D eigenvalue weighted by Gasteiger charge is -2.10. The second-order valence-electron chi connectivity index (χ2n) is 5.30. The number of carbonyl (C=O) groups is 2. The van der Waals surface area contributed by atoms with E-state index in [4.69, 9.17) is 9.47 Å². The molecule has 0 heterocycles. The van der Waals surface area contributed by atoms with Crippen molar-refractivity contribution in [2.45, 2.75) is 13.3 Å². The summed E-state index contributed by atoms with van der Waals surface area (Å²) in [5.41, 5.74) is 1.48. The van der Waals surface area contributed by atoms with Crippen molar-refractivity contribution in [2.75, 3.05) is 25.6 Å². The molecule has 2 aromatic rings. The van der Waals surface area contributed by atoms with E-state index in [0.29, 0.717) is 23.7 Å². The summed E-state index contributed by atoms with van der Waals surface area (Å²) in [5, 5.41) is 5.48. The van der Waals surface area contributed by atoms with Crippen molar-refractivity contribution in [3.8, 4) is 11.5 Å². The fraction of sp³-hybridized carbons (Fsp3) is 0.263. The van der Waals surface area contributed by atoms with Crippen LogP contribution in [0.2, 0.25) is 0 Å². The van der Waals surface area contributed by atoms with Crippen LogP contribution in [0, 0.1) is 0 Å². The van der Waals surface area contributed by atoms with Crippen LogP contribution in [0.15, 0.2) is 48.5 Å². The third-order valence-corrected chi connectivity index (χ3v) is 3.43. The molecule has 0 bridgehead atoms. The highest BCUT2D eigenvalue weighted by molar-refractivity contribution is 5.92. The lowest BCUT2D eigenvalue weighted by Crippen LogP contribution is -2.28. The minimum atomic E-state index is -0.170. The number of ether oxygens (including phenoxy) is 2. The summed E-state index contributed by atoms with van der Waals surface area (Å²) < 4.78 is 10.6. The van der Waals surface area contributed by atoms with Gasteiger partial charge in [-0.05, 0) is 37.3 Å². The van der Waals surface area contributed by atoms with Crippen LogP contribution in [0.4, 0.5) is 5.69 Å². The maximum Gasteiger partial charge on any atom is 0.257 e. The lowest BCUT2D eigenvalue weighted by molar-refractivity contribution is -0.123. The Labute approximate surface area is 147 Å². The van der Waals surface area contributed by atoms with Crippen LogP contribution in [0.3, 0.4) is 0 Å². The van der Waals surface area contributed by atoms with Crippen molar-refractivity contribution in [2.24, 2.45) is 0 Å². The average molecular weight is 342 g/mol. The fourth-order valence-electron chi connectivity index (χ4n) is 2.26. The summed E-state index contributed by atoms with van der Waals surface area (Å²) in [6, 6.07) is 14.3. The minimum absolute atomic E-state index is 0.0344. The molecule has 0 saturated heterocycles. The predicted molar refractivity (Wildman–Crippen MR) is 95.9 cm³/mol. The summed E-state index contributed by atoms with van der Waals surface area (Å²) in [7, 11) is 1.58. The molecule has 2 aromatic carbocycles. The number of carbonyl (C=O) groups excluding carboxylic acids is 2. The van der Waals surface area contributed by atoms with Crippen LogP contribution in [-0.4, -0.2) is 32.1 Å². The van der Waals surface area contributed by atoms with E-state index in [9.17, 15) is 9.59 Å². The van der Waals surface area contributed by atoms with Gasteiger partial charge < -0.3 is 20.1 Å². The Bertz CT molecular complexity index is 714. The van der Waals surface area contributed by atoms with E-state index in [-0.39, 0.29) is 24.8 Å². The summed E-state index contributed by atoms with van der Waals surface area (Å²) in [5.74, 6) is 0.943. The third-order valence-electron chi connectivity index (χ3n) is 3.43. The molecule has 2 rings (SSSR count). The topological polar surface area (TPSA) is 76.7 Å². The van der Waals surface area contributed by atoms with Gasteiger partial charge in [0.25, 0.3) is 5.91 Å². The highest BCUT2D eigenvalue weighted by Crippen LogP contribution is 2.19. The van der Waals surface area contributed by atoms with Crippen LogP contribution in [-0.2, 0) is 16.0 Å². The van der Waals surface area contributed by atoms with E-state index in [1.54, 1.807) is 31.4 Å². The first-order valence-corrected chi connectivity index (χ1v) is 8.03. The van der Waals surface area contributed by atoms with Gasteiger partial charge in [-0.25, -0.2) is 0 Å². The van der Waals surface area contributed by atoms with Crippen LogP contribution >= 0.6 is 0 Å². The first kappa shape index (κ1) is 18.3. The molecule has 0 unspecified atom stereocenters. The Balaban J connectivity index is 1.88. The van der Waals surface area contributed by atoms with E-state index >= 15 is 0 Å². The smallest absolute Gasteiger partial charge is 0.257 e. The average Bonchev–Trinajstić information content (AvgIpc) is 2.62. The molecule has 0 aliphatic rings. The van der Waals surface area contributed by atoms with Crippen molar-refractivity contribution in [1.82, 2.24) is 5.32 Å². The zero-order valence-corrected chi connectivity index (χ0v) is 14.4. The van der Waals surface area contributed by atoms with E-state index < -0.39 is 0 Å². The number of para-hydroxylation sites is 1. The van der Waals surface area contributed by atoms with E-state index in [1.807, 2.05) is 31.2 Å². The molecule has 0 radical (unpaired) electrons. The molecule has 6 heteroatoms. The van der Waals surface area contributed by atoms with E-state index in [2.05, 4.69) is 10.6 Å². The van der Waals surface area contributed by atoms with Crippen molar-refractivity contribution >= 4 is 17.5 Å². The molecule has 0 fully saturated rings. The number of hydrogen-bond donors (Lipinski definition) is 2. The monoisotopic (exact) mass is 342 g/mol. The van der Waals surface area contributed by atoms with Crippen LogP contribution in [0.25, 0.3) is 0 Å². The van der Waals surface area contributed by atoms with Crippen molar-refractivity contribution in [3.05, 3.63) is 54.1 Å². The van der Waals surface area contributed by atoms with Crippen molar-refractivity contribution in [1.29, 1.82) is 0 Å². The maximum atomic E-state index is 12.2. The van der Waals surface area contributed by atoms with E-state index in [1.165, 1.54) is 0 Å². The molecular weight excluding hydrogens is 320 g/mol. The molecule has 0 saturated carbocycles. The van der Waals surface area contributed by atoms with Gasteiger partial charge in [-0.3, -0.25) is 9.59 Å². The van der Waals surface area contributed by atoms with Gasteiger partial charge in [0, 0.05) is 17.8 Å². The number of methoxy groups -OCH3 is 1. The molecule has 25 heavy (non-hydrogen) atoms. The van der Waals surface area contributed by atoms with Gasteiger partial charge in [0.15, 0.2) is 6.61 Å². The molecule has 2 N–H and O–H groups in total. The first-order valence-electron chi connectivity index (χ1n) is 8.03. The number of nitrogens with one attached hydrogen (secondary N) is 2. The quantitative estimate of drug-likeness (QED) is 0.772. The SMILES string of the molecule is CCNC(=O)COc1ccc(NC(=O)Cc2ccccc2OC)cc1. The fourth-order valence-corrected chi connectivity index (χ4v) is 2.26. The molecule has 2 amide bonds. The summed E-state index contributed by atoms with van der Waals surface area (Å²) in [6.45, 7) is 2.38. The Morgan fingerprint density at radius 1 is 1.00 bits per heavy atom. The summed E-state index contributed by atoms with van der Waals surface area (Å²) >= 11 is 0. The van der Waals surface area contributed by atoms with Crippen LogP contribution in [0.5, 0.6) is 11.5 Å². The predicted octanol–water partition coefficient (Wildman–Crippen LogP) is 2.39. The highest BCUT2D eigenvalue weighted by Gasteiger charge is 2.09. The molecule has 0 aromatic heterocycles. The van der Waals surface area contributed by atoms with Gasteiger partial charge in [0.1, 0.15) is 11.5 Å². The number of likely N-dealkylation sites (N-methyl/N-ethyl adjacent to an activating group) is 1. The van der Waals surface area contributed by atoms with Crippen LogP contribution in [0.1, 0.15) is 12.5 Å². The van der Waals surface area contributed by atoms with Crippen molar-refractivity contribution in [3.63, 3.8) is 0 Å². The standard InChI is InChI=1S/C19H22N2O4/c1-3-20-19(23)13-25-16-10-8-15(9-11-16)21-18(22)12-14-6-4-5-7-17(14)24-2/h4-11H,3,12-13H2,1-2H3,(H,20,23)(H,21,22). The van der Waals surface area contributed by atoms with Gasteiger partial charge >= 0.3 is 0 Å². The van der Waals surface area contributed by atoms with Gasteiger partial charge in [0.05, 0.1) is 13.5 Å². The second kappa shape index (κ2) is 9.32. The Hall–Kier alpha value is -3.02. The summed E-state index contributed by atoms with van der Waals surface area (Å²) in [6.07, 6.45) is 0.222. The molecule has 0 spiro atoms. The normalized spacial score (nSPS) is 10.0. The number of rotatable bonds is 8. The largest absolute Gasteiger partial charge is 0.496 e. The Kier molecular flexibility index (Phi) is 6.83. The highest BCUT2D eigenvalue weighted by atomic mass is 16.5. The van der Waals surface area contributed by atoms with E-state index in [0.717, 1.165) is 5.56 Å². The molecular formula is C19H22N2O4. The Morgan fingerprint density at radius 2 is 1.72 bits per heavy atom. The van der Waals surface area contributed by atoms with Crippen molar-refractivity contribution < 1.29 is 19.1 Å². The molecule has 0 aliphatic heterocycles. The zero-order chi connectivity index (χ0) is 18.1. The number of amides is 2. The minimum Gasteiger partial charge on any atom is -0.496 e. The molecule has 0 aliphatic carbocycles. The third kappa shape index (κ3) is 5.84. The molecule has 132 valence electrons. The maximum absolute atomic E-state index is 12.2. The van der Waals surface area contributed by atoms with Gasteiger partial charge in [-0.15, -0.1) is 0 Å². The number of hydrogen-bond acceptors (Lipinski definition) is 4. The number of anilines is 1. The second-order valence-corrected chi connectivity index (χ2v) is 5.30. The molecule has 6 nitrogen and oxygen atoms in total. The number of benzene rings is 2. The lowest BCUT2D eigenvalue weighted by atomic mass is 10.1. The van der Waals surface area contributed by atoms with Gasteiger partial charge in [-0.1, -0.05) is 18.2 Å². The first-order chi connectivity index (χ1) is 12.1. The Morgan fingerprint density at radius 3 is 2.40 bits per heavy atom. The molecule has 0 atom stereocenters. The van der Waals surface area contributed by atoms with Gasteiger partial charge in [0.2, 0.25) is 5.91 Å². The summed E-state index contributed by atoms with van der Waals surface area (Å²) in [4.78, 5) is 23.5.